The lowest BCUT2D eigenvalue weighted by Gasteiger charge is -2.53. The highest BCUT2D eigenvalue weighted by Crippen LogP contribution is 2.54. The van der Waals surface area contributed by atoms with Gasteiger partial charge in [-0.1, -0.05) is 12.1 Å². The number of hydrogen-bond acceptors (Lipinski definition) is 6. The van der Waals surface area contributed by atoms with Gasteiger partial charge in [0.15, 0.2) is 0 Å². The zero-order valence-corrected chi connectivity index (χ0v) is 20.6. The number of thioether (sulfide) groups is 1. The van der Waals surface area contributed by atoms with E-state index >= 15 is 0 Å². The summed E-state index contributed by atoms with van der Waals surface area (Å²) in [6, 6.07) is 9.69. The number of benzene rings is 1. The fourth-order valence-electron chi connectivity index (χ4n) is 6.84. The Balaban J connectivity index is 1.08. The summed E-state index contributed by atoms with van der Waals surface area (Å²) in [5.41, 5.74) is 0.983. The fourth-order valence-corrected chi connectivity index (χ4v) is 8.06. The van der Waals surface area contributed by atoms with Crippen molar-refractivity contribution in [3.05, 3.63) is 54.1 Å². The van der Waals surface area contributed by atoms with Crippen molar-refractivity contribution in [3.8, 4) is 5.75 Å². The minimum atomic E-state index is -0.331. The second-order valence-electron chi connectivity index (χ2n) is 10.6. The van der Waals surface area contributed by atoms with Crippen molar-refractivity contribution in [2.24, 2.45) is 23.7 Å². The highest BCUT2D eigenvalue weighted by molar-refractivity contribution is 8.00. The Kier molecular flexibility index (Phi) is 6.39. The minimum absolute atomic E-state index is 0.0190. The number of carbonyl (C=O) groups is 2. The van der Waals surface area contributed by atoms with Crippen molar-refractivity contribution in [2.45, 2.75) is 55.9 Å². The zero-order chi connectivity index (χ0) is 23.8. The summed E-state index contributed by atoms with van der Waals surface area (Å²) in [6.45, 7) is 0.353. The van der Waals surface area contributed by atoms with Gasteiger partial charge in [-0.3, -0.25) is 9.59 Å². The van der Waals surface area contributed by atoms with E-state index in [-0.39, 0.29) is 28.9 Å². The van der Waals surface area contributed by atoms with Crippen LogP contribution in [0.1, 0.15) is 60.0 Å². The van der Waals surface area contributed by atoms with Gasteiger partial charge in [0.2, 0.25) is 11.7 Å². The molecule has 2 aromatic rings. The molecule has 4 bridgehead atoms. The van der Waals surface area contributed by atoms with Crippen molar-refractivity contribution in [1.82, 2.24) is 20.6 Å². The number of nitrogens with zero attached hydrogens (tertiary/aromatic N) is 2. The van der Waals surface area contributed by atoms with Crippen LogP contribution in [0.2, 0.25) is 0 Å². The summed E-state index contributed by atoms with van der Waals surface area (Å²) >= 11 is 1.65. The van der Waals surface area contributed by atoms with Gasteiger partial charge in [0.05, 0.1) is 0 Å². The van der Waals surface area contributed by atoms with Gasteiger partial charge >= 0.3 is 0 Å². The lowest BCUT2D eigenvalue weighted by atomic mass is 9.55. The van der Waals surface area contributed by atoms with Crippen molar-refractivity contribution in [3.63, 3.8) is 0 Å². The molecule has 4 saturated carbocycles. The largest absolute Gasteiger partial charge is 0.490 e. The Morgan fingerprint density at radius 2 is 1.80 bits per heavy atom. The second-order valence-corrected chi connectivity index (χ2v) is 11.8. The van der Waals surface area contributed by atoms with E-state index in [0.29, 0.717) is 24.5 Å². The Hall–Kier alpha value is -2.61. The third-order valence-corrected chi connectivity index (χ3v) is 9.48. The highest BCUT2D eigenvalue weighted by Gasteiger charge is 2.49. The maximum atomic E-state index is 13.1. The average molecular weight is 493 g/mol. The van der Waals surface area contributed by atoms with Crippen molar-refractivity contribution >= 4 is 23.6 Å². The number of nitrogens with one attached hydrogen (secondary N) is 2. The molecule has 7 nitrogen and oxygen atoms in total. The van der Waals surface area contributed by atoms with E-state index in [2.05, 4.69) is 26.7 Å². The molecule has 7 rings (SSSR count). The van der Waals surface area contributed by atoms with E-state index < -0.39 is 0 Å². The van der Waals surface area contributed by atoms with Crippen LogP contribution in [0.3, 0.4) is 0 Å². The molecule has 1 saturated heterocycles. The van der Waals surface area contributed by atoms with E-state index in [0.717, 1.165) is 35.3 Å². The molecule has 4 aliphatic carbocycles. The van der Waals surface area contributed by atoms with Crippen LogP contribution in [0.4, 0.5) is 0 Å². The third-order valence-electron chi connectivity index (χ3n) is 8.19. The van der Waals surface area contributed by atoms with E-state index in [4.69, 9.17) is 4.74 Å². The first-order valence-corrected chi connectivity index (χ1v) is 13.9. The van der Waals surface area contributed by atoms with Crippen LogP contribution in [0.15, 0.2) is 42.7 Å². The number of hydrogen-bond donors (Lipinski definition) is 2. The standard InChI is InChI=1S/C27H32N4O3S/c32-26-24(35-8-5-21(31-26)15-30-27(33)25-28-6-2-7-29-25)18-3-1-4-22(14-18)34-23-19-10-16-9-17(12-19)13-20(23)11-16/h1-4,6-7,14,16-17,19-21,23-24H,5,8-13,15H2,(H,30,33)(H,31,32)/t16?,17?,19?,20?,21-,23?,24+/m0/s1. The Bertz CT molecular complexity index is 1050. The smallest absolute Gasteiger partial charge is 0.289 e. The van der Waals surface area contributed by atoms with Gasteiger partial charge in [-0.25, -0.2) is 9.97 Å². The van der Waals surface area contributed by atoms with Gasteiger partial charge in [0.1, 0.15) is 17.1 Å². The van der Waals surface area contributed by atoms with Crippen molar-refractivity contribution in [2.75, 3.05) is 12.3 Å². The van der Waals surface area contributed by atoms with Gasteiger partial charge in [-0.15, -0.1) is 11.8 Å². The molecule has 2 amide bonds. The Morgan fingerprint density at radius 3 is 2.54 bits per heavy atom. The molecular formula is C27H32N4O3S. The van der Waals surface area contributed by atoms with Crippen molar-refractivity contribution < 1.29 is 14.3 Å². The number of carbonyl (C=O) groups excluding carboxylic acids is 2. The summed E-state index contributed by atoms with van der Waals surface area (Å²) < 4.78 is 6.62. The normalized spacial score (nSPS) is 33.6. The molecule has 2 heterocycles. The van der Waals surface area contributed by atoms with Gasteiger partial charge in [0.25, 0.3) is 5.91 Å². The molecule has 0 spiro atoms. The number of aromatic nitrogens is 2. The van der Waals surface area contributed by atoms with Crippen LogP contribution in [-0.2, 0) is 4.79 Å². The van der Waals surface area contributed by atoms with Crippen molar-refractivity contribution in [1.29, 1.82) is 0 Å². The quantitative estimate of drug-likeness (QED) is 0.638. The van der Waals surface area contributed by atoms with E-state index in [1.54, 1.807) is 17.8 Å². The minimum Gasteiger partial charge on any atom is -0.490 e. The average Bonchev–Trinajstić information content (AvgIpc) is 3.06. The SMILES string of the molecule is O=C(NC[C@@H]1CCS[C@H](c2cccc(OC3C4CC5CC(C4)CC3C5)c2)C(=O)N1)c1ncccn1. The molecule has 5 fully saturated rings. The molecule has 1 aromatic heterocycles. The molecule has 5 aliphatic rings. The lowest BCUT2D eigenvalue weighted by molar-refractivity contribution is -0.121. The van der Waals surface area contributed by atoms with Gasteiger partial charge < -0.3 is 15.4 Å². The lowest BCUT2D eigenvalue weighted by Crippen LogP contribution is -2.50. The topological polar surface area (TPSA) is 93.2 Å². The van der Waals surface area contributed by atoms with E-state index in [1.165, 1.54) is 44.5 Å². The number of ether oxygens (including phenoxy) is 1. The Labute approximate surface area is 210 Å². The number of amides is 2. The van der Waals surface area contributed by atoms with Gasteiger partial charge in [0, 0.05) is 25.0 Å². The maximum Gasteiger partial charge on any atom is 0.289 e. The summed E-state index contributed by atoms with van der Waals surface area (Å²) in [5.74, 6) is 4.75. The van der Waals surface area contributed by atoms with Crippen LogP contribution >= 0.6 is 11.8 Å². The fraction of sp³-hybridized carbons (Fsp3) is 0.556. The second kappa shape index (κ2) is 9.80. The molecule has 35 heavy (non-hydrogen) atoms. The van der Waals surface area contributed by atoms with Crippen LogP contribution in [0.5, 0.6) is 5.75 Å². The third kappa shape index (κ3) is 4.90. The van der Waals surface area contributed by atoms with Gasteiger partial charge in [-0.05, 0) is 91.7 Å². The molecule has 2 N–H and O–H groups in total. The number of rotatable bonds is 6. The van der Waals surface area contributed by atoms with Crippen LogP contribution in [0, 0.1) is 23.7 Å². The molecule has 1 aliphatic heterocycles. The molecule has 8 heteroatoms. The summed E-state index contributed by atoms with van der Waals surface area (Å²) in [4.78, 5) is 33.3. The van der Waals surface area contributed by atoms with Crippen LogP contribution in [0.25, 0.3) is 0 Å². The van der Waals surface area contributed by atoms with E-state index in [1.807, 2.05) is 18.2 Å². The molecule has 1 aromatic carbocycles. The molecule has 0 radical (unpaired) electrons. The molecule has 184 valence electrons. The predicted molar refractivity (Wildman–Crippen MR) is 134 cm³/mol. The Morgan fingerprint density at radius 1 is 1.06 bits per heavy atom. The van der Waals surface area contributed by atoms with Crippen LogP contribution in [-0.4, -0.2) is 46.2 Å². The van der Waals surface area contributed by atoms with Gasteiger partial charge in [-0.2, -0.15) is 0 Å². The predicted octanol–water partition coefficient (Wildman–Crippen LogP) is 3.77. The first-order chi connectivity index (χ1) is 17.1. The maximum absolute atomic E-state index is 13.1. The highest BCUT2D eigenvalue weighted by atomic mass is 32.2. The van der Waals surface area contributed by atoms with E-state index in [9.17, 15) is 9.59 Å². The van der Waals surface area contributed by atoms with Crippen LogP contribution < -0.4 is 15.4 Å². The zero-order valence-electron chi connectivity index (χ0n) is 19.8. The first-order valence-electron chi connectivity index (χ1n) is 12.9. The summed E-state index contributed by atoms with van der Waals surface area (Å²) in [6.07, 6.45) is 10.9. The first kappa shape index (κ1) is 22.8. The summed E-state index contributed by atoms with van der Waals surface area (Å²) in [5, 5.41) is 5.68. The molecular weight excluding hydrogens is 460 g/mol. The molecule has 0 unspecified atom stereocenters. The monoisotopic (exact) mass is 492 g/mol. The molecule has 2 atom stereocenters. The summed E-state index contributed by atoms with van der Waals surface area (Å²) in [7, 11) is 0.